The summed E-state index contributed by atoms with van der Waals surface area (Å²) in [6, 6.07) is 1.82. The number of aromatic nitrogens is 4. The van der Waals surface area contributed by atoms with Crippen LogP contribution in [0.2, 0.25) is 0 Å². The van der Waals surface area contributed by atoms with Crippen LogP contribution >= 0.6 is 0 Å². The summed E-state index contributed by atoms with van der Waals surface area (Å²) in [5.41, 5.74) is 1.52. The highest BCUT2D eigenvalue weighted by molar-refractivity contribution is 5.67. The molecule has 0 unspecified atom stereocenters. The van der Waals surface area contributed by atoms with Gasteiger partial charge in [-0.1, -0.05) is 0 Å². The number of hydrogen-bond acceptors (Lipinski definition) is 5. The summed E-state index contributed by atoms with van der Waals surface area (Å²) in [6.07, 6.45) is 5.00. The minimum atomic E-state index is 0.718. The minimum Gasteiger partial charge on any atom is -0.371 e. The lowest BCUT2D eigenvalue weighted by atomic mass is 10.3. The van der Waals surface area contributed by atoms with Crippen LogP contribution in [-0.2, 0) is 0 Å². The van der Waals surface area contributed by atoms with Crippen LogP contribution in [-0.4, -0.2) is 27.0 Å². The number of nitrogens with zero attached hydrogens (tertiary/aromatic N) is 4. The van der Waals surface area contributed by atoms with E-state index in [1.54, 1.807) is 18.6 Å². The van der Waals surface area contributed by atoms with Gasteiger partial charge in [0, 0.05) is 25.6 Å². The van der Waals surface area contributed by atoms with Crippen molar-refractivity contribution < 1.29 is 0 Å². The molecule has 0 aliphatic rings. The monoisotopic (exact) mass is 201 g/mol. The quantitative estimate of drug-likeness (QED) is 0.793. The predicted molar refractivity (Wildman–Crippen MR) is 57.3 cm³/mol. The maximum Gasteiger partial charge on any atom is 0.153 e. The zero-order valence-electron chi connectivity index (χ0n) is 8.60. The Labute approximate surface area is 87.6 Å². The highest BCUT2D eigenvalue weighted by Gasteiger charge is 2.07. The van der Waals surface area contributed by atoms with Gasteiger partial charge in [-0.15, -0.1) is 0 Å². The van der Waals surface area contributed by atoms with Gasteiger partial charge in [0.15, 0.2) is 5.82 Å². The van der Waals surface area contributed by atoms with E-state index in [-0.39, 0.29) is 0 Å². The van der Waals surface area contributed by atoms with E-state index in [1.165, 1.54) is 0 Å². The third-order valence-electron chi connectivity index (χ3n) is 1.95. The third kappa shape index (κ3) is 1.90. The Bertz CT molecular complexity index is 469. The molecule has 5 heteroatoms. The fraction of sp³-hybridized carbons (Fsp3) is 0.200. The Hall–Kier alpha value is -2.04. The molecule has 0 spiro atoms. The molecule has 2 aromatic heterocycles. The van der Waals surface area contributed by atoms with Gasteiger partial charge in [-0.05, 0) is 13.0 Å². The molecule has 0 saturated carbocycles. The molecule has 0 amide bonds. The fourth-order valence-corrected chi connectivity index (χ4v) is 1.30. The Kier molecular flexibility index (Phi) is 2.53. The van der Waals surface area contributed by atoms with Crippen molar-refractivity contribution in [3.05, 3.63) is 30.5 Å². The molecule has 2 aromatic rings. The molecule has 0 saturated heterocycles. The summed E-state index contributed by atoms with van der Waals surface area (Å²) in [5.74, 6) is 1.44. The first-order valence-electron chi connectivity index (χ1n) is 4.60. The number of hydrogen-bond donors (Lipinski definition) is 1. The van der Waals surface area contributed by atoms with Crippen LogP contribution in [0, 0.1) is 6.92 Å². The van der Waals surface area contributed by atoms with Crippen LogP contribution in [0.3, 0.4) is 0 Å². The Balaban J connectivity index is 2.53. The van der Waals surface area contributed by atoms with Crippen LogP contribution in [0.1, 0.15) is 5.82 Å². The van der Waals surface area contributed by atoms with Crippen LogP contribution in [0.25, 0.3) is 11.4 Å². The van der Waals surface area contributed by atoms with Crippen LogP contribution in [0.4, 0.5) is 5.82 Å². The molecule has 0 radical (unpaired) electrons. The van der Waals surface area contributed by atoms with Crippen LogP contribution in [0.5, 0.6) is 0 Å². The Morgan fingerprint density at radius 3 is 2.60 bits per heavy atom. The Morgan fingerprint density at radius 2 is 1.87 bits per heavy atom. The van der Waals surface area contributed by atoms with Crippen molar-refractivity contribution in [2.45, 2.75) is 6.92 Å². The molecule has 0 bridgehead atoms. The van der Waals surface area contributed by atoms with Gasteiger partial charge >= 0.3 is 0 Å². The first-order valence-corrected chi connectivity index (χ1v) is 4.60. The lowest BCUT2D eigenvalue weighted by molar-refractivity contribution is 1.04. The lowest BCUT2D eigenvalue weighted by Crippen LogP contribution is -1.99. The first kappa shape index (κ1) is 9.51. The molecule has 0 aliphatic heterocycles. The van der Waals surface area contributed by atoms with E-state index in [4.69, 9.17) is 0 Å². The number of anilines is 1. The average Bonchev–Trinajstić information content (AvgIpc) is 2.29. The van der Waals surface area contributed by atoms with Crippen molar-refractivity contribution in [3.63, 3.8) is 0 Å². The average molecular weight is 201 g/mol. The Morgan fingerprint density at radius 1 is 1.07 bits per heavy atom. The van der Waals surface area contributed by atoms with Gasteiger partial charge < -0.3 is 5.32 Å². The second kappa shape index (κ2) is 4.00. The summed E-state index contributed by atoms with van der Waals surface area (Å²) in [4.78, 5) is 16.8. The summed E-state index contributed by atoms with van der Waals surface area (Å²) < 4.78 is 0. The summed E-state index contributed by atoms with van der Waals surface area (Å²) >= 11 is 0. The van der Waals surface area contributed by atoms with Crippen LogP contribution < -0.4 is 5.32 Å². The van der Waals surface area contributed by atoms with E-state index in [0.717, 1.165) is 23.0 Å². The van der Waals surface area contributed by atoms with Gasteiger partial charge in [-0.2, -0.15) is 0 Å². The SMILES string of the molecule is CNc1nccnc1-c1ccnc(C)n1. The highest BCUT2D eigenvalue weighted by Crippen LogP contribution is 2.20. The largest absolute Gasteiger partial charge is 0.371 e. The van der Waals surface area contributed by atoms with Gasteiger partial charge in [0.2, 0.25) is 0 Å². The first-order chi connectivity index (χ1) is 7.31. The summed E-state index contributed by atoms with van der Waals surface area (Å²) in [7, 11) is 1.81. The molecule has 2 rings (SSSR count). The lowest BCUT2D eigenvalue weighted by Gasteiger charge is -2.05. The minimum absolute atomic E-state index is 0.718. The topological polar surface area (TPSA) is 63.6 Å². The maximum atomic E-state index is 4.30. The standard InChI is InChI=1S/C10H11N5/c1-7-12-4-3-8(15-7)9-10(11-2)14-6-5-13-9/h3-6H,1-2H3,(H,11,14). The zero-order valence-corrected chi connectivity index (χ0v) is 8.60. The smallest absolute Gasteiger partial charge is 0.153 e. The van der Waals surface area contributed by atoms with Crippen molar-refractivity contribution >= 4 is 5.82 Å². The molecule has 1 N–H and O–H groups in total. The third-order valence-corrected chi connectivity index (χ3v) is 1.95. The second-order valence-corrected chi connectivity index (χ2v) is 2.99. The molecule has 0 aromatic carbocycles. The number of rotatable bonds is 2. The summed E-state index contributed by atoms with van der Waals surface area (Å²) in [5, 5.41) is 2.98. The molecule has 0 atom stereocenters. The van der Waals surface area contributed by atoms with Crippen molar-refractivity contribution in [3.8, 4) is 11.4 Å². The van der Waals surface area contributed by atoms with Gasteiger partial charge in [-0.25, -0.2) is 19.9 Å². The van der Waals surface area contributed by atoms with Crippen LogP contribution in [0.15, 0.2) is 24.7 Å². The zero-order chi connectivity index (χ0) is 10.7. The molecule has 0 aliphatic carbocycles. The van der Waals surface area contributed by atoms with E-state index in [1.807, 2.05) is 20.0 Å². The van der Waals surface area contributed by atoms with Gasteiger partial charge in [0.1, 0.15) is 11.5 Å². The van der Waals surface area contributed by atoms with Crippen molar-refractivity contribution in [1.29, 1.82) is 0 Å². The van der Waals surface area contributed by atoms with E-state index in [2.05, 4.69) is 25.3 Å². The van der Waals surface area contributed by atoms with Crippen molar-refractivity contribution in [2.75, 3.05) is 12.4 Å². The van der Waals surface area contributed by atoms with Gasteiger partial charge in [-0.3, -0.25) is 0 Å². The highest BCUT2D eigenvalue weighted by atomic mass is 15.0. The number of aryl methyl sites for hydroxylation is 1. The normalized spacial score (nSPS) is 10.0. The fourth-order valence-electron chi connectivity index (χ4n) is 1.30. The molecule has 76 valence electrons. The summed E-state index contributed by atoms with van der Waals surface area (Å²) in [6.45, 7) is 1.85. The van der Waals surface area contributed by atoms with E-state index < -0.39 is 0 Å². The molecule has 15 heavy (non-hydrogen) atoms. The molecular weight excluding hydrogens is 190 g/mol. The predicted octanol–water partition coefficient (Wildman–Crippen LogP) is 1.28. The number of nitrogens with one attached hydrogen (secondary N) is 1. The van der Waals surface area contributed by atoms with E-state index in [0.29, 0.717) is 0 Å². The maximum absolute atomic E-state index is 4.30. The van der Waals surface area contributed by atoms with Gasteiger partial charge in [0.25, 0.3) is 0 Å². The van der Waals surface area contributed by atoms with Crippen molar-refractivity contribution in [2.24, 2.45) is 0 Å². The van der Waals surface area contributed by atoms with E-state index >= 15 is 0 Å². The molecule has 5 nitrogen and oxygen atoms in total. The van der Waals surface area contributed by atoms with Crippen molar-refractivity contribution in [1.82, 2.24) is 19.9 Å². The molecule has 0 fully saturated rings. The van der Waals surface area contributed by atoms with E-state index in [9.17, 15) is 0 Å². The molecular formula is C10H11N5. The van der Waals surface area contributed by atoms with Gasteiger partial charge in [0.05, 0.1) is 5.69 Å². The second-order valence-electron chi connectivity index (χ2n) is 2.99. The molecule has 2 heterocycles.